The van der Waals surface area contributed by atoms with Crippen LogP contribution in [0.5, 0.6) is 0 Å². The summed E-state index contributed by atoms with van der Waals surface area (Å²) in [6.45, 7) is 3.22. The van der Waals surface area contributed by atoms with Gasteiger partial charge >= 0.3 is 0 Å². The molecule has 4 heteroatoms. The van der Waals surface area contributed by atoms with Crippen molar-refractivity contribution in [2.45, 2.75) is 18.6 Å². The van der Waals surface area contributed by atoms with Crippen LogP contribution >= 0.6 is 11.8 Å². The van der Waals surface area contributed by atoms with E-state index >= 15 is 0 Å². The summed E-state index contributed by atoms with van der Waals surface area (Å²) >= 11 is 1.58. The number of aliphatic hydroxyl groups is 1. The number of thioether (sulfide) groups is 1. The zero-order valence-corrected chi connectivity index (χ0v) is 7.34. The zero-order chi connectivity index (χ0) is 8.10. The third-order valence-electron chi connectivity index (χ3n) is 1.34. The highest BCUT2D eigenvalue weighted by Crippen LogP contribution is 2.14. The Morgan fingerprint density at radius 2 is 2.55 bits per heavy atom. The number of aliphatic hydroxyl groups excluding tert-OH is 1. The molecule has 0 atom stereocenters. The molecule has 0 amide bonds. The molecule has 0 aromatic carbocycles. The Hall–Kier alpha value is -0.480. The molecule has 1 N–H and O–H groups in total. The third-order valence-corrected chi connectivity index (χ3v) is 2.33. The SMILES string of the molecule is CCn1ccnc1SCCO. The predicted octanol–water partition coefficient (Wildman–Crippen LogP) is 0.987. The van der Waals surface area contributed by atoms with Gasteiger partial charge in [-0.05, 0) is 6.92 Å². The van der Waals surface area contributed by atoms with E-state index in [-0.39, 0.29) is 6.61 Å². The molecular weight excluding hydrogens is 160 g/mol. The van der Waals surface area contributed by atoms with E-state index in [0.717, 1.165) is 17.5 Å². The largest absolute Gasteiger partial charge is 0.396 e. The van der Waals surface area contributed by atoms with Gasteiger partial charge in [0.1, 0.15) is 0 Å². The zero-order valence-electron chi connectivity index (χ0n) is 6.53. The van der Waals surface area contributed by atoms with Crippen LogP contribution < -0.4 is 0 Å². The van der Waals surface area contributed by atoms with Gasteiger partial charge in [0.25, 0.3) is 0 Å². The van der Waals surface area contributed by atoms with Gasteiger partial charge in [-0.3, -0.25) is 0 Å². The molecule has 0 spiro atoms. The van der Waals surface area contributed by atoms with E-state index in [1.54, 1.807) is 18.0 Å². The molecule has 11 heavy (non-hydrogen) atoms. The second kappa shape index (κ2) is 4.41. The molecule has 1 heterocycles. The number of hydrogen-bond donors (Lipinski definition) is 1. The number of hydrogen-bond acceptors (Lipinski definition) is 3. The van der Waals surface area contributed by atoms with Gasteiger partial charge in [-0.1, -0.05) is 11.8 Å². The van der Waals surface area contributed by atoms with Crippen molar-refractivity contribution in [1.82, 2.24) is 9.55 Å². The predicted molar refractivity (Wildman–Crippen MR) is 45.7 cm³/mol. The Morgan fingerprint density at radius 1 is 1.73 bits per heavy atom. The van der Waals surface area contributed by atoms with Crippen molar-refractivity contribution in [3.63, 3.8) is 0 Å². The van der Waals surface area contributed by atoms with Gasteiger partial charge in [0.15, 0.2) is 5.16 Å². The van der Waals surface area contributed by atoms with Crippen LogP contribution in [0.4, 0.5) is 0 Å². The van der Waals surface area contributed by atoms with Crippen LogP contribution in [-0.4, -0.2) is 27.0 Å². The first-order valence-corrected chi connectivity index (χ1v) is 4.61. The average Bonchev–Trinajstić information content (AvgIpc) is 2.47. The molecule has 3 nitrogen and oxygen atoms in total. The summed E-state index contributed by atoms with van der Waals surface area (Å²) < 4.78 is 2.06. The lowest BCUT2D eigenvalue weighted by atomic mass is 10.7. The smallest absolute Gasteiger partial charge is 0.167 e. The fraction of sp³-hybridized carbons (Fsp3) is 0.571. The van der Waals surface area contributed by atoms with Gasteiger partial charge in [0.2, 0.25) is 0 Å². The molecular formula is C7H12N2OS. The van der Waals surface area contributed by atoms with Crippen LogP contribution in [0.3, 0.4) is 0 Å². The van der Waals surface area contributed by atoms with Crippen molar-refractivity contribution in [2.24, 2.45) is 0 Å². The van der Waals surface area contributed by atoms with E-state index in [0.29, 0.717) is 0 Å². The van der Waals surface area contributed by atoms with E-state index in [1.165, 1.54) is 0 Å². The monoisotopic (exact) mass is 172 g/mol. The van der Waals surface area contributed by atoms with Crippen LogP contribution in [0.25, 0.3) is 0 Å². The molecule has 1 rings (SSSR count). The topological polar surface area (TPSA) is 38.0 Å². The minimum atomic E-state index is 0.210. The normalized spacial score (nSPS) is 10.4. The number of aromatic nitrogens is 2. The first kappa shape index (κ1) is 8.62. The Morgan fingerprint density at radius 3 is 3.18 bits per heavy atom. The van der Waals surface area contributed by atoms with E-state index in [4.69, 9.17) is 5.11 Å². The van der Waals surface area contributed by atoms with Crippen molar-refractivity contribution in [3.8, 4) is 0 Å². The lowest BCUT2D eigenvalue weighted by molar-refractivity contribution is 0.322. The Kier molecular flexibility index (Phi) is 3.45. The number of aryl methyl sites for hydroxylation is 1. The van der Waals surface area contributed by atoms with E-state index in [1.807, 2.05) is 6.20 Å². The molecule has 1 aromatic heterocycles. The van der Waals surface area contributed by atoms with Crippen molar-refractivity contribution in [1.29, 1.82) is 0 Å². The summed E-state index contributed by atoms with van der Waals surface area (Å²) in [7, 11) is 0. The third kappa shape index (κ3) is 2.24. The molecule has 0 aliphatic carbocycles. The maximum atomic E-state index is 8.57. The van der Waals surface area contributed by atoms with Gasteiger partial charge in [-0.15, -0.1) is 0 Å². The van der Waals surface area contributed by atoms with E-state index in [2.05, 4.69) is 16.5 Å². The highest BCUT2D eigenvalue weighted by atomic mass is 32.2. The number of rotatable bonds is 4. The molecule has 0 fully saturated rings. The molecule has 1 aromatic rings. The number of imidazole rings is 1. The molecule has 62 valence electrons. The lowest BCUT2D eigenvalue weighted by Gasteiger charge is -2.01. The maximum absolute atomic E-state index is 8.57. The summed E-state index contributed by atoms with van der Waals surface area (Å²) in [5, 5.41) is 9.56. The van der Waals surface area contributed by atoms with Gasteiger partial charge in [0.05, 0.1) is 6.61 Å². The minimum absolute atomic E-state index is 0.210. The first-order chi connectivity index (χ1) is 5.38. The lowest BCUT2D eigenvalue weighted by Crippen LogP contribution is -1.96. The first-order valence-electron chi connectivity index (χ1n) is 3.63. The molecule has 0 saturated heterocycles. The van der Waals surface area contributed by atoms with Crippen molar-refractivity contribution in [2.75, 3.05) is 12.4 Å². The van der Waals surface area contributed by atoms with E-state index in [9.17, 15) is 0 Å². The number of nitrogens with zero attached hydrogens (tertiary/aromatic N) is 2. The van der Waals surface area contributed by atoms with Crippen molar-refractivity contribution < 1.29 is 5.11 Å². The average molecular weight is 172 g/mol. The van der Waals surface area contributed by atoms with E-state index < -0.39 is 0 Å². The van der Waals surface area contributed by atoms with Crippen LogP contribution in [0.15, 0.2) is 17.6 Å². The summed E-state index contributed by atoms with van der Waals surface area (Å²) in [6.07, 6.45) is 3.73. The quantitative estimate of drug-likeness (QED) is 0.688. The van der Waals surface area contributed by atoms with Crippen LogP contribution in [0, 0.1) is 0 Å². The summed E-state index contributed by atoms with van der Waals surface area (Å²) in [5.74, 6) is 0.719. The maximum Gasteiger partial charge on any atom is 0.167 e. The van der Waals surface area contributed by atoms with Crippen LogP contribution in [0.1, 0.15) is 6.92 Å². The highest BCUT2D eigenvalue weighted by Gasteiger charge is 1.99. The summed E-state index contributed by atoms with van der Waals surface area (Å²) in [6, 6.07) is 0. The minimum Gasteiger partial charge on any atom is -0.396 e. The summed E-state index contributed by atoms with van der Waals surface area (Å²) in [5.41, 5.74) is 0. The van der Waals surface area contributed by atoms with Crippen molar-refractivity contribution >= 4 is 11.8 Å². The molecule has 0 radical (unpaired) electrons. The molecule has 0 unspecified atom stereocenters. The molecule has 0 aliphatic heterocycles. The van der Waals surface area contributed by atoms with Gasteiger partial charge in [-0.25, -0.2) is 4.98 Å². The van der Waals surface area contributed by atoms with Crippen LogP contribution in [0.2, 0.25) is 0 Å². The second-order valence-corrected chi connectivity index (χ2v) is 3.13. The fourth-order valence-electron chi connectivity index (χ4n) is 0.813. The Labute approximate surface area is 70.4 Å². The van der Waals surface area contributed by atoms with Crippen molar-refractivity contribution in [3.05, 3.63) is 12.4 Å². The molecule has 0 saturated carbocycles. The van der Waals surface area contributed by atoms with Gasteiger partial charge < -0.3 is 9.67 Å². The highest BCUT2D eigenvalue weighted by molar-refractivity contribution is 7.99. The van der Waals surface area contributed by atoms with Gasteiger partial charge in [0, 0.05) is 24.7 Å². The van der Waals surface area contributed by atoms with Gasteiger partial charge in [-0.2, -0.15) is 0 Å². The Bertz CT molecular complexity index is 212. The molecule has 0 aliphatic rings. The summed E-state index contributed by atoms with van der Waals surface area (Å²) in [4.78, 5) is 4.14. The van der Waals surface area contributed by atoms with Crippen LogP contribution in [-0.2, 0) is 6.54 Å². The Balaban J connectivity index is 2.54. The molecule has 0 bridgehead atoms. The standard InChI is InChI=1S/C7H12N2OS/c1-2-9-4-3-8-7(9)11-6-5-10/h3-4,10H,2,5-6H2,1H3. The second-order valence-electron chi connectivity index (χ2n) is 2.07. The fourth-order valence-corrected chi connectivity index (χ4v) is 1.58.